The Morgan fingerprint density at radius 2 is 1.41 bits per heavy atom. The molecule has 0 spiro atoms. The fourth-order valence-electron chi connectivity index (χ4n) is 3.48. The molecule has 4 nitrogen and oxygen atoms in total. The molecule has 1 amide bonds. The van der Waals surface area contributed by atoms with E-state index in [4.69, 9.17) is 4.74 Å². The fraction of sp³-hybridized carbons (Fsp3) is 0.160. The molecule has 0 fully saturated rings. The largest absolute Gasteiger partial charge is 0.497 e. The molecular weight excluding hydrogens is 360 g/mol. The van der Waals surface area contributed by atoms with Crippen LogP contribution in [0.25, 0.3) is 0 Å². The number of benzene rings is 3. The Kier molecular flexibility index (Phi) is 5.09. The molecule has 4 rings (SSSR count). The van der Waals surface area contributed by atoms with Gasteiger partial charge in [0.25, 0.3) is 5.91 Å². The summed E-state index contributed by atoms with van der Waals surface area (Å²) in [4.78, 5) is 15.2. The van der Waals surface area contributed by atoms with Crippen molar-refractivity contribution in [1.82, 2.24) is 0 Å². The van der Waals surface area contributed by atoms with E-state index in [0.717, 1.165) is 28.3 Å². The van der Waals surface area contributed by atoms with E-state index in [0.29, 0.717) is 5.70 Å². The van der Waals surface area contributed by atoms with Crippen molar-refractivity contribution in [1.29, 1.82) is 0 Å². The molecule has 1 N–H and O–H groups in total. The molecule has 0 saturated carbocycles. The number of hydrogen-bond acceptors (Lipinski definition) is 3. The molecule has 0 aromatic heterocycles. The van der Waals surface area contributed by atoms with Gasteiger partial charge in [-0.1, -0.05) is 47.5 Å². The zero-order chi connectivity index (χ0) is 20.4. The van der Waals surface area contributed by atoms with E-state index in [-0.39, 0.29) is 11.9 Å². The molecule has 1 aliphatic rings. The Bertz CT molecular complexity index is 1040. The van der Waals surface area contributed by atoms with Crippen LogP contribution < -0.4 is 15.0 Å². The van der Waals surface area contributed by atoms with Gasteiger partial charge in [-0.2, -0.15) is 0 Å². The molecule has 3 aromatic rings. The number of methoxy groups -OCH3 is 1. The number of nitrogens with one attached hydrogen (secondary N) is 1. The summed E-state index contributed by atoms with van der Waals surface area (Å²) < 4.78 is 5.28. The molecule has 1 unspecified atom stereocenters. The van der Waals surface area contributed by atoms with E-state index in [2.05, 4.69) is 5.32 Å². The minimum absolute atomic E-state index is 0.0461. The Hall–Kier alpha value is -3.53. The highest BCUT2D eigenvalue weighted by Gasteiger charge is 2.34. The predicted octanol–water partition coefficient (Wildman–Crippen LogP) is 5.40. The molecule has 146 valence electrons. The Morgan fingerprint density at radius 1 is 0.828 bits per heavy atom. The highest BCUT2D eigenvalue weighted by Crippen LogP contribution is 2.36. The molecule has 0 saturated heterocycles. The van der Waals surface area contributed by atoms with Crippen molar-refractivity contribution in [2.75, 3.05) is 17.3 Å². The summed E-state index contributed by atoms with van der Waals surface area (Å²) in [5, 5.41) is 3.30. The number of nitrogens with zero attached hydrogens (tertiary/aromatic N) is 1. The molecule has 0 bridgehead atoms. The van der Waals surface area contributed by atoms with Gasteiger partial charge in [0.15, 0.2) is 0 Å². The lowest BCUT2D eigenvalue weighted by molar-refractivity contribution is -0.114. The van der Waals surface area contributed by atoms with Gasteiger partial charge in [-0.3, -0.25) is 9.69 Å². The summed E-state index contributed by atoms with van der Waals surface area (Å²) in [5.41, 5.74) is 5.72. The summed E-state index contributed by atoms with van der Waals surface area (Å²) >= 11 is 0. The number of hydrogen-bond donors (Lipinski definition) is 1. The van der Waals surface area contributed by atoms with Gasteiger partial charge in [0, 0.05) is 11.4 Å². The van der Waals surface area contributed by atoms with Crippen molar-refractivity contribution in [2.24, 2.45) is 0 Å². The van der Waals surface area contributed by atoms with Gasteiger partial charge in [-0.05, 0) is 61.9 Å². The molecule has 0 radical (unpaired) electrons. The van der Waals surface area contributed by atoms with E-state index in [9.17, 15) is 4.79 Å². The molecule has 29 heavy (non-hydrogen) atoms. The van der Waals surface area contributed by atoms with Crippen LogP contribution in [-0.4, -0.2) is 13.0 Å². The van der Waals surface area contributed by atoms with Crippen molar-refractivity contribution in [2.45, 2.75) is 19.9 Å². The second-order valence-electron chi connectivity index (χ2n) is 7.30. The van der Waals surface area contributed by atoms with Crippen LogP contribution in [-0.2, 0) is 4.79 Å². The monoisotopic (exact) mass is 384 g/mol. The number of aryl methyl sites for hydroxylation is 2. The smallest absolute Gasteiger partial charge is 0.275 e. The lowest BCUT2D eigenvalue weighted by Gasteiger charge is -2.25. The highest BCUT2D eigenvalue weighted by atomic mass is 16.5. The van der Waals surface area contributed by atoms with Gasteiger partial charge in [0.1, 0.15) is 11.4 Å². The van der Waals surface area contributed by atoms with Crippen LogP contribution >= 0.6 is 0 Å². The predicted molar refractivity (Wildman–Crippen MR) is 117 cm³/mol. The standard InChI is InChI=1S/C25H24N2O2/c1-17-4-10-20(11-5-17)26-23-16-24(19-8-14-22(29-3)15-9-19)27(25(23)28)21-12-6-18(2)7-13-21/h4-16,24,26H,1-3H3. The quantitative estimate of drug-likeness (QED) is 0.641. The van der Waals surface area contributed by atoms with Crippen molar-refractivity contribution in [3.63, 3.8) is 0 Å². The first-order valence-corrected chi connectivity index (χ1v) is 9.65. The van der Waals surface area contributed by atoms with E-state index in [1.54, 1.807) is 7.11 Å². The number of carbonyl (C=O) groups excluding carboxylic acids is 1. The van der Waals surface area contributed by atoms with Gasteiger partial charge in [-0.25, -0.2) is 0 Å². The Balaban J connectivity index is 1.71. The fourth-order valence-corrected chi connectivity index (χ4v) is 3.48. The molecule has 1 heterocycles. The third kappa shape index (κ3) is 3.87. The van der Waals surface area contributed by atoms with Gasteiger partial charge in [-0.15, -0.1) is 0 Å². The van der Waals surface area contributed by atoms with Crippen molar-refractivity contribution < 1.29 is 9.53 Å². The Morgan fingerprint density at radius 3 is 2.00 bits per heavy atom. The van der Waals surface area contributed by atoms with Crippen LogP contribution in [0.3, 0.4) is 0 Å². The summed E-state index contributed by atoms with van der Waals surface area (Å²) in [6.07, 6.45) is 1.99. The average Bonchev–Trinajstić information content (AvgIpc) is 3.06. The van der Waals surface area contributed by atoms with Crippen molar-refractivity contribution in [3.05, 3.63) is 101 Å². The van der Waals surface area contributed by atoms with E-state index in [1.165, 1.54) is 5.56 Å². The van der Waals surface area contributed by atoms with Gasteiger partial charge in [0.05, 0.1) is 13.2 Å². The first kappa shape index (κ1) is 18.8. The first-order chi connectivity index (χ1) is 14.0. The van der Waals surface area contributed by atoms with Crippen LogP contribution in [0.15, 0.2) is 84.6 Å². The van der Waals surface area contributed by atoms with Crippen LogP contribution in [0.4, 0.5) is 11.4 Å². The SMILES string of the molecule is COc1ccc(C2C=C(Nc3ccc(C)cc3)C(=O)N2c2ccc(C)cc2)cc1. The molecule has 1 aliphatic heterocycles. The summed E-state index contributed by atoms with van der Waals surface area (Å²) in [6, 6.07) is 23.7. The minimum atomic E-state index is -0.191. The van der Waals surface area contributed by atoms with Crippen molar-refractivity contribution in [3.8, 4) is 5.75 Å². The topological polar surface area (TPSA) is 41.6 Å². The summed E-state index contributed by atoms with van der Waals surface area (Å²) in [7, 11) is 1.65. The maximum atomic E-state index is 13.3. The summed E-state index contributed by atoms with van der Waals surface area (Å²) in [5.74, 6) is 0.747. The molecule has 3 aromatic carbocycles. The average molecular weight is 384 g/mol. The second-order valence-corrected chi connectivity index (χ2v) is 7.30. The van der Waals surface area contributed by atoms with Crippen LogP contribution in [0.5, 0.6) is 5.75 Å². The highest BCUT2D eigenvalue weighted by molar-refractivity contribution is 6.11. The van der Waals surface area contributed by atoms with E-state index >= 15 is 0 Å². The maximum Gasteiger partial charge on any atom is 0.275 e. The minimum Gasteiger partial charge on any atom is -0.497 e. The van der Waals surface area contributed by atoms with E-state index in [1.807, 2.05) is 97.6 Å². The zero-order valence-corrected chi connectivity index (χ0v) is 16.8. The number of anilines is 2. The van der Waals surface area contributed by atoms with Gasteiger partial charge < -0.3 is 10.1 Å². The first-order valence-electron chi connectivity index (χ1n) is 9.65. The van der Waals surface area contributed by atoms with E-state index < -0.39 is 0 Å². The number of amides is 1. The maximum absolute atomic E-state index is 13.3. The number of rotatable bonds is 5. The van der Waals surface area contributed by atoms with Gasteiger partial charge in [0.2, 0.25) is 0 Å². The van der Waals surface area contributed by atoms with Crippen LogP contribution in [0.1, 0.15) is 22.7 Å². The van der Waals surface area contributed by atoms with Gasteiger partial charge >= 0.3 is 0 Å². The number of carbonyl (C=O) groups is 1. The Labute approximate surface area is 171 Å². The zero-order valence-electron chi connectivity index (χ0n) is 16.8. The summed E-state index contributed by atoms with van der Waals surface area (Å²) in [6.45, 7) is 4.09. The molecule has 4 heteroatoms. The lowest BCUT2D eigenvalue weighted by Crippen LogP contribution is -2.30. The number of ether oxygens (including phenoxy) is 1. The van der Waals surface area contributed by atoms with Crippen LogP contribution in [0, 0.1) is 13.8 Å². The lowest BCUT2D eigenvalue weighted by atomic mass is 10.1. The molecular formula is C25H24N2O2. The normalized spacial score (nSPS) is 16.0. The molecule has 0 aliphatic carbocycles. The second kappa shape index (κ2) is 7.84. The third-order valence-corrected chi connectivity index (χ3v) is 5.15. The third-order valence-electron chi connectivity index (χ3n) is 5.15. The molecule has 1 atom stereocenters. The van der Waals surface area contributed by atoms with Crippen molar-refractivity contribution >= 4 is 17.3 Å². The van der Waals surface area contributed by atoms with Crippen LogP contribution in [0.2, 0.25) is 0 Å².